The number of aliphatic hydroxyl groups is 1. The molecule has 0 unspecified atom stereocenters. The van der Waals surface area contributed by atoms with Gasteiger partial charge in [0.05, 0.1) is 6.54 Å². The van der Waals surface area contributed by atoms with Crippen molar-refractivity contribution in [1.82, 2.24) is 15.2 Å². The SMILES string of the molecule is CC(C)(O)c1n[nH]c(CN)n1.Cl. The summed E-state index contributed by atoms with van der Waals surface area (Å²) in [6.45, 7) is 3.55. The zero-order valence-corrected chi connectivity index (χ0v) is 7.85. The molecule has 70 valence electrons. The molecule has 0 aromatic carbocycles. The summed E-state index contributed by atoms with van der Waals surface area (Å²) in [7, 11) is 0. The van der Waals surface area contributed by atoms with Crippen LogP contribution in [0.1, 0.15) is 25.5 Å². The van der Waals surface area contributed by atoms with Gasteiger partial charge in [-0.3, -0.25) is 5.10 Å². The molecule has 0 saturated carbocycles. The quantitative estimate of drug-likeness (QED) is 0.611. The van der Waals surface area contributed by atoms with E-state index >= 15 is 0 Å². The Bertz CT molecular complexity index is 242. The molecule has 0 spiro atoms. The van der Waals surface area contributed by atoms with Gasteiger partial charge in [-0.2, -0.15) is 5.10 Å². The minimum Gasteiger partial charge on any atom is -0.382 e. The molecular formula is C6H13ClN4O. The van der Waals surface area contributed by atoms with Crippen molar-refractivity contribution in [3.8, 4) is 0 Å². The molecule has 0 saturated heterocycles. The molecule has 4 N–H and O–H groups in total. The van der Waals surface area contributed by atoms with Gasteiger partial charge < -0.3 is 10.8 Å². The maximum atomic E-state index is 9.41. The van der Waals surface area contributed by atoms with Crippen molar-refractivity contribution in [3.05, 3.63) is 11.6 Å². The Morgan fingerprint density at radius 3 is 2.42 bits per heavy atom. The minimum atomic E-state index is -0.996. The molecule has 6 heteroatoms. The van der Waals surface area contributed by atoms with Crippen LogP contribution in [0.2, 0.25) is 0 Å². The van der Waals surface area contributed by atoms with E-state index in [1.165, 1.54) is 0 Å². The summed E-state index contributed by atoms with van der Waals surface area (Å²) in [6, 6.07) is 0. The van der Waals surface area contributed by atoms with Crippen LogP contribution in [0, 0.1) is 0 Å². The van der Waals surface area contributed by atoms with Crippen LogP contribution in [0.25, 0.3) is 0 Å². The van der Waals surface area contributed by atoms with Crippen molar-refractivity contribution in [3.63, 3.8) is 0 Å². The second kappa shape index (κ2) is 3.84. The molecule has 0 fully saturated rings. The number of H-pyrrole nitrogens is 1. The van der Waals surface area contributed by atoms with Crippen LogP contribution in [0.3, 0.4) is 0 Å². The zero-order chi connectivity index (χ0) is 8.48. The van der Waals surface area contributed by atoms with Crippen molar-refractivity contribution in [2.45, 2.75) is 26.0 Å². The summed E-state index contributed by atoms with van der Waals surface area (Å²) >= 11 is 0. The summed E-state index contributed by atoms with van der Waals surface area (Å²) in [5.74, 6) is 0.958. The van der Waals surface area contributed by atoms with Gasteiger partial charge in [0.25, 0.3) is 0 Å². The number of hydrogen-bond acceptors (Lipinski definition) is 4. The highest BCUT2D eigenvalue weighted by Crippen LogP contribution is 2.13. The van der Waals surface area contributed by atoms with Crippen LogP contribution in [0.15, 0.2) is 0 Å². The van der Waals surface area contributed by atoms with Crippen LogP contribution in [-0.4, -0.2) is 20.3 Å². The Balaban J connectivity index is 0.00000121. The molecule has 12 heavy (non-hydrogen) atoms. The van der Waals surface area contributed by atoms with Gasteiger partial charge in [-0.05, 0) is 13.8 Å². The van der Waals surface area contributed by atoms with Crippen molar-refractivity contribution in [2.24, 2.45) is 5.73 Å². The van der Waals surface area contributed by atoms with E-state index in [1.54, 1.807) is 13.8 Å². The molecule has 1 rings (SSSR count). The minimum absolute atomic E-state index is 0. The van der Waals surface area contributed by atoms with Gasteiger partial charge in [0.1, 0.15) is 11.4 Å². The van der Waals surface area contributed by atoms with E-state index in [1.807, 2.05) is 0 Å². The number of halogens is 1. The fourth-order valence-corrected chi connectivity index (χ4v) is 0.660. The molecule has 0 amide bonds. The van der Waals surface area contributed by atoms with Gasteiger partial charge in [-0.25, -0.2) is 4.98 Å². The van der Waals surface area contributed by atoms with Gasteiger partial charge in [0.2, 0.25) is 0 Å². The monoisotopic (exact) mass is 192 g/mol. The fraction of sp³-hybridized carbons (Fsp3) is 0.667. The molecule has 1 heterocycles. The number of nitrogens with two attached hydrogens (primary N) is 1. The molecule has 0 aliphatic heterocycles. The summed E-state index contributed by atoms with van der Waals surface area (Å²) in [6.07, 6.45) is 0. The highest BCUT2D eigenvalue weighted by Gasteiger charge is 2.20. The van der Waals surface area contributed by atoms with Crippen molar-refractivity contribution < 1.29 is 5.11 Å². The lowest BCUT2D eigenvalue weighted by Gasteiger charge is -2.10. The van der Waals surface area contributed by atoms with E-state index in [0.717, 1.165) is 0 Å². The van der Waals surface area contributed by atoms with Crippen LogP contribution >= 0.6 is 12.4 Å². The van der Waals surface area contributed by atoms with Gasteiger partial charge in [-0.15, -0.1) is 12.4 Å². The average Bonchev–Trinajstić information content (AvgIpc) is 2.32. The molecule has 1 aromatic heterocycles. The summed E-state index contributed by atoms with van der Waals surface area (Å²) in [5.41, 5.74) is 4.29. The van der Waals surface area contributed by atoms with Crippen LogP contribution in [0.5, 0.6) is 0 Å². The van der Waals surface area contributed by atoms with Gasteiger partial charge in [0, 0.05) is 0 Å². The normalized spacial score (nSPS) is 11.0. The van der Waals surface area contributed by atoms with Gasteiger partial charge in [0.15, 0.2) is 5.82 Å². The predicted octanol–water partition coefficient (Wildman–Crippen LogP) is -0.0874. The Morgan fingerprint density at radius 2 is 2.17 bits per heavy atom. The molecule has 0 radical (unpaired) electrons. The smallest absolute Gasteiger partial charge is 0.181 e. The zero-order valence-electron chi connectivity index (χ0n) is 7.03. The number of rotatable bonds is 2. The average molecular weight is 193 g/mol. The molecule has 0 bridgehead atoms. The van der Waals surface area contributed by atoms with Crippen molar-refractivity contribution in [1.29, 1.82) is 0 Å². The summed E-state index contributed by atoms with van der Waals surface area (Å²) in [5, 5.41) is 15.8. The van der Waals surface area contributed by atoms with E-state index in [2.05, 4.69) is 15.2 Å². The van der Waals surface area contributed by atoms with E-state index in [4.69, 9.17) is 5.73 Å². The Morgan fingerprint density at radius 1 is 1.58 bits per heavy atom. The highest BCUT2D eigenvalue weighted by atomic mass is 35.5. The van der Waals surface area contributed by atoms with E-state index < -0.39 is 5.60 Å². The first kappa shape index (κ1) is 11.4. The number of nitrogens with zero attached hydrogens (tertiary/aromatic N) is 2. The third-order valence-corrected chi connectivity index (χ3v) is 1.27. The lowest BCUT2D eigenvalue weighted by Crippen LogP contribution is -2.17. The number of nitrogens with one attached hydrogen (secondary N) is 1. The maximum absolute atomic E-state index is 9.41. The van der Waals surface area contributed by atoms with Gasteiger partial charge in [-0.1, -0.05) is 0 Å². The Kier molecular flexibility index (Phi) is 3.63. The number of aromatic nitrogens is 3. The predicted molar refractivity (Wildman–Crippen MR) is 46.8 cm³/mol. The largest absolute Gasteiger partial charge is 0.382 e. The van der Waals surface area contributed by atoms with Crippen LogP contribution in [-0.2, 0) is 12.1 Å². The molecule has 1 aromatic rings. The first-order chi connectivity index (χ1) is 5.04. The third kappa shape index (κ3) is 2.44. The molecular weight excluding hydrogens is 180 g/mol. The Hall–Kier alpha value is -0.650. The molecule has 0 atom stereocenters. The second-order valence-corrected chi connectivity index (χ2v) is 2.87. The van der Waals surface area contributed by atoms with Crippen molar-refractivity contribution in [2.75, 3.05) is 0 Å². The highest BCUT2D eigenvalue weighted by molar-refractivity contribution is 5.85. The maximum Gasteiger partial charge on any atom is 0.181 e. The van der Waals surface area contributed by atoms with Crippen molar-refractivity contribution >= 4 is 12.4 Å². The van der Waals surface area contributed by atoms with Gasteiger partial charge >= 0.3 is 0 Å². The van der Waals surface area contributed by atoms with Crippen LogP contribution in [0.4, 0.5) is 0 Å². The first-order valence-corrected chi connectivity index (χ1v) is 3.38. The van der Waals surface area contributed by atoms with E-state index in [-0.39, 0.29) is 12.4 Å². The topological polar surface area (TPSA) is 87.8 Å². The number of aromatic amines is 1. The fourth-order valence-electron chi connectivity index (χ4n) is 0.660. The Labute approximate surface area is 76.8 Å². The lowest BCUT2D eigenvalue weighted by atomic mass is 10.1. The standard InChI is InChI=1S/C6H12N4O.ClH/c1-6(2,11)5-8-4(3-7)9-10-5;/h11H,3,7H2,1-2H3,(H,8,9,10);1H. The summed E-state index contributed by atoms with van der Waals surface area (Å²) < 4.78 is 0. The van der Waals surface area contributed by atoms with E-state index in [9.17, 15) is 5.11 Å². The molecule has 0 aliphatic carbocycles. The molecule has 5 nitrogen and oxygen atoms in total. The lowest BCUT2D eigenvalue weighted by molar-refractivity contribution is 0.0690. The third-order valence-electron chi connectivity index (χ3n) is 1.27. The molecule has 0 aliphatic rings. The first-order valence-electron chi connectivity index (χ1n) is 3.38. The van der Waals surface area contributed by atoms with E-state index in [0.29, 0.717) is 18.2 Å². The van der Waals surface area contributed by atoms with Crippen LogP contribution < -0.4 is 5.73 Å². The number of hydrogen-bond donors (Lipinski definition) is 3. The second-order valence-electron chi connectivity index (χ2n) is 2.87. The summed E-state index contributed by atoms with van der Waals surface area (Å²) in [4.78, 5) is 3.96.